The van der Waals surface area contributed by atoms with E-state index in [4.69, 9.17) is 30.5 Å². The van der Waals surface area contributed by atoms with E-state index < -0.39 is 12.0 Å². The first-order chi connectivity index (χ1) is 23.6. The lowest BCUT2D eigenvalue weighted by molar-refractivity contribution is -0.139. The summed E-state index contributed by atoms with van der Waals surface area (Å²) in [5.41, 5.74) is 2.79. The van der Waals surface area contributed by atoms with E-state index in [0.29, 0.717) is 59.5 Å². The van der Waals surface area contributed by atoms with Gasteiger partial charge in [-0.15, -0.1) is 0 Å². The minimum absolute atomic E-state index is 0.0755. The minimum Gasteiger partial charge on any atom is -0.493 e. The number of fused-ring (bicyclic) bond motifs is 2. The Labute approximate surface area is 301 Å². The molecule has 0 N–H and O–H groups in total. The van der Waals surface area contributed by atoms with Gasteiger partial charge in [0, 0.05) is 0 Å². The molecular weight excluding hydrogens is 728 g/mol. The fourth-order valence-electron chi connectivity index (χ4n) is 5.75. The Morgan fingerprint density at radius 1 is 1.06 bits per heavy atom. The SMILES string of the molecule is CCOC(=O)C1=C(C)N=c2s/c(=C\c3cc(Cl)c(OCc4ccc5ccccc5c4)c(Br)c3)c(=O)n2[C@@H]1c1ccc(OC(C)C)c(OC)c1. The number of nitrogens with zero attached hydrogens (tertiary/aromatic N) is 2. The topological polar surface area (TPSA) is 88.4 Å². The van der Waals surface area contributed by atoms with Crippen molar-refractivity contribution in [1.29, 1.82) is 0 Å². The molecule has 252 valence electrons. The Balaban J connectivity index is 1.37. The van der Waals surface area contributed by atoms with Gasteiger partial charge in [-0.3, -0.25) is 9.36 Å². The average molecular weight is 762 g/mol. The fraction of sp³-hybridized carbons (Fsp3) is 0.237. The molecule has 1 aliphatic rings. The molecule has 0 aliphatic carbocycles. The first kappa shape index (κ1) is 34.5. The number of benzene rings is 4. The molecule has 4 aromatic carbocycles. The molecule has 0 fully saturated rings. The number of rotatable bonds is 10. The van der Waals surface area contributed by atoms with Crippen LogP contribution in [-0.4, -0.2) is 30.4 Å². The predicted octanol–water partition coefficient (Wildman–Crippen LogP) is 7.74. The van der Waals surface area contributed by atoms with E-state index >= 15 is 0 Å². The van der Waals surface area contributed by atoms with E-state index in [0.717, 1.165) is 16.3 Å². The van der Waals surface area contributed by atoms with Crippen molar-refractivity contribution in [3.8, 4) is 17.2 Å². The zero-order chi connectivity index (χ0) is 34.8. The van der Waals surface area contributed by atoms with Gasteiger partial charge in [-0.05, 0) is 107 Å². The van der Waals surface area contributed by atoms with E-state index in [-0.39, 0.29) is 23.8 Å². The van der Waals surface area contributed by atoms with Crippen LogP contribution in [-0.2, 0) is 16.1 Å². The number of aromatic nitrogens is 1. The molecule has 1 aromatic heterocycles. The number of hydrogen-bond acceptors (Lipinski definition) is 8. The van der Waals surface area contributed by atoms with Gasteiger partial charge < -0.3 is 18.9 Å². The third kappa shape index (κ3) is 7.18. The van der Waals surface area contributed by atoms with Gasteiger partial charge in [0.25, 0.3) is 5.56 Å². The van der Waals surface area contributed by atoms with Gasteiger partial charge in [0.05, 0.1) is 51.2 Å². The highest BCUT2D eigenvalue weighted by Gasteiger charge is 2.34. The number of halogens is 2. The molecule has 0 radical (unpaired) electrons. The second kappa shape index (κ2) is 14.6. The van der Waals surface area contributed by atoms with Crippen LogP contribution in [0.2, 0.25) is 5.02 Å². The van der Waals surface area contributed by atoms with Crippen LogP contribution in [0.5, 0.6) is 17.2 Å². The van der Waals surface area contributed by atoms with Gasteiger partial charge in [0.2, 0.25) is 0 Å². The average Bonchev–Trinajstić information content (AvgIpc) is 3.37. The summed E-state index contributed by atoms with van der Waals surface area (Å²) >= 11 is 11.6. The van der Waals surface area contributed by atoms with Crippen molar-refractivity contribution < 1.29 is 23.7 Å². The summed E-state index contributed by atoms with van der Waals surface area (Å²) in [7, 11) is 1.55. The smallest absolute Gasteiger partial charge is 0.338 e. The fourth-order valence-corrected chi connectivity index (χ4v) is 7.78. The highest BCUT2D eigenvalue weighted by molar-refractivity contribution is 9.10. The second-order valence-corrected chi connectivity index (χ2v) is 13.9. The highest BCUT2D eigenvalue weighted by Crippen LogP contribution is 2.37. The molecule has 0 saturated carbocycles. The maximum Gasteiger partial charge on any atom is 0.338 e. The summed E-state index contributed by atoms with van der Waals surface area (Å²) in [5.74, 6) is 0.995. The van der Waals surface area contributed by atoms with Crippen molar-refractivity contribution in [3.05, 3.63) is 130 Å². The van der Waals surface area contributed by atoms with Crippen LogP contribution < -0.4 is 29.1 Å². The van der Waals surface area contributed by atoms with Crippen molar-refractivity contribution in [2.24, 2.45) is 4.99 Å². The van der Waals surface area contributed by atoms with Crippen LogP contribution >= 0.6 is 38.9 Å². The van der Waals surface area contributed by atoms with E-state index in [2.05, 4.69) is 45.2 Å². The first-order valence-corrected chi connectivity index (χ1v) is 17.7. The summed E-state index contributed by atoms with van der Waals surface area (Å²) in [5, 5.41) is 2.68. The molecule has 49 heavy (non-hydrogen) atoms. The number of hydrogen-bond donors (Lipinski definition) is 0. The van der Waals surface area contributed by atoms with Crippen LogP contribution in [0.25, 0.3) is 16.8 Å². The van der Waals surface area contributed by atoms with Gasteiger partial charge in [-0.1, -0.05) is 65.4 Å². The molecule has 1 aliphatic heterocycles. The van der Waals surface area contributed by atoms with Crippen LogP contribution in [0.4, 0.5) is 0 Å². The normalized spacial score (nSPS) is 14.5. The maximum absolute atomic E-state index is 14.2. The van der Waals surface area contributed by atoms with E-state index in [1.165, 1.54) is 15.9 Å². The summed E-state index contributed by atoms with van der Waals surface area (Å²) in [6, 6.07) is 22.5. The summed E-state index contributed by atoms with van der Waals surface area (Å²) in [6.07, 6.45) is 1.68. The van der Waals surface area contributed by atoms with Gasteiger partial charge in [0.15, 0.2) is 22.0 Å². The molecule has 5 aromatic rings. The quantitative estimate of drug-likeness (QED) is 0.135. The molecule has 11 heteroatoms. The van der Waals surface area contributed by atoms with Gasteiger partial charge in [-0.2, -0.15) is 0 Å². The first-order valence-electron chi connectivity index (χ1n) is 15.7. The zero-order valence-corrected chi connectivity index (χ0v) is 30.7. The van der Waals surface area contributed by atoms with Gasteiger partial charge in [0.1, 0.15) is 6.61 Å². The number of carbonyl (C=O) groups is 1. The molecule has 0 spiro atoms. The van der Waals surface area contributed by atoms with E-state index in [1.54, 1.807) is 45.2 Å². The van der Waals surface area contributed by atoms with Crippen molar-refractivity contribution in [1.82, 2.24) is 4.57 Å². The molecule has 0 amide bonds. The Hall–Kier alpha value is -4.38. The molecule has 6 rings (SSSR count). The van der Waals surface area contributed by atoms with Crippen molar-refractivity contribution in [3.63, 3.8) is 0 Å². The number of esters is 1. The molecule has 0 saturated heterocycles. The monoisotopic (exact) mass is 760 g/mol. The van der Waals surface area contributed by atoms with E-state index in [1.807, 2.05) is 44.2 Å². The van der Waals surface area contributed by atoms with Crippen LogP contribution in [0.15, 0.2) is 98.3 Å². The molecule has 1 atom stereocenters. The lowest BCUT2D eigenvalue weighted by atomic mass is 9.95. The second-order valence-electron chi connectivity index (χ2n) is 11.7. The van der Waals surface area contributed by atoms with E-state index in [9.17, 15) is 9.59 Å². The van der Waals surface area contributed by atoms with Crippen molar-refractivity contribution in [2.75, 3.05) is 13.7 Å². The summed E-state index contributed by atoms with van der Waals surface area (Å²) in [6.45, 7) is 7.84. The number of carbonyl (C=O) groups excluding carboxylic acids is 1. The van der Waals surface area contributed by atoms with Gasteiger partial charge >= 0.3 is 5.97 Å². The number of ether oxygens (including phenoxy) is 4. The maximum atomic E-state index is 14.2. The Bertz CT molecular complexity index is 2270. The lowest BCUT2D eigenvalue weighted by Gasteiger charge is -2.25. The molecule has 0 unspecified atom stereocenters. The predicted molar refractivity (Wildman–Crippen MR) is 197 cm³/mol. The van der Waals surface area contributed by atoms with Crippen LogP contribution in [0.1, 0.15) is 50.4 Å². The largest absolute Gasteiger partial charge is 0.493 e. The molecule has 8 nitrogen and oxygen atoms in total. The lowest BCUT2D eigenvalue weighted by Crippen LogP contribution is -2.40. The third-order valence-corrected chi connectivity index (χ3v) is 9.75. The molecule has 0 bridgehead atoms. The molecular formula is C38H34BrClN2O6S. The third-order valence-electron chi connectivity index (χ3n) is 7.90. The Kier molecular flexibility index (Phi) is 10.3. The summed E-state index contributed by atoms with van der Waals surface area (Å²) in [4.78, 5) is 32.6. The van der Waals surface area contributed by atoms with Gasteiger partial charge in [-0.25, -0.2) is 9.79 Å². The number of thiazole rings is 1. The summed E-state index contributed by atoms with van der Waals surface area (Å²) < 4.78 is 25.7. The Morgan fingerprint density at radius 2 is 1.84 bits per heavy atom. The highest BCUT2D eigenvalue weighted by atomic mass is 79.9. The standard InChI is InChI=1S/C38H34BrClN2O6S/c1-6-46-37(44)33-22(4)41-38-42(34(33)27-13-14-30(48-21(2)3)31(19-27)45-5)36(43)32(49-38)18-24-16-28(39)35(29(40)17-24)47-20-23-11-12-25-9-7-8-10-26(25)15-23/h7-19,21,34H,6,20H2,1-5H3/b32-18-/t34-/m1/s1. The number of methoxy groups -OCH3 is 1. The number of allylic oxidation sites excluding steroid dienone is 1. The van der Waals surface area contributed by atoms with Crippen LogP contribution in [0.3, 0.4) is 0 Å². The van der Waals surface area contributed by atoms with Crippen molar-refractivity contribution in [2.45, 2.75) is 46.4 Å². The van der Waals surface area contributed by atoms with Crippen LogP contribution in [0, 0.1) is 0 Å². The van der Waals surface area contributed by atoms with Crippen molar-refractivity contribution >= 4 is 61.7 Å². The minimum atomic E-state index is -0.805. The molecule has 2 heterocycles. The zero-order valence-electron chi connectivity index (χ0n) is 27.6. The Morgan fingerprint density at radius 3 is 2.55 bits per heavy atom.